The molecule has 142 valence electrons. The Morgan fingerprint density at radius 1 is 1.04 bits per heavy atom. The first-order valence-corrected chi connectivity index (χ1v) is 9.78. The van der Waals surface area contributed by atoms with Crippen molar-refractivity contribution in [2.45, 2.75) is 26.7 Å². The second kappa shape index (κ2) is 7.64. The van der Waals surface area contributed by atoms with Crippen molar-refractivity contribution in [3.63, 3.8) is 0 Å². The number of hydrogen-bond acceptors (Lipinski definition) is 5. The van der Waals surface area contributed by atoms with Gasteiger partial charge in [0.1, 0.15) is 11.6 Å². The number of amides is 1. The summed E-state index contributed by atoms with van der Waals surface area (Å²) >= 11 is 0. The molecular weight excluding hydrogens is 338 g/mol. The number of fused-ring (bicyclic) bond motifs is 1. The molecule has 2 aliphatic rings. The first-order valence-electron chi connectivity index (χ1n) is 9.78. The van der Waals surface area contributed by atoms with E-state index in [1.807, 2.05) is 30.9 Å². The van der Waals surface area contributed by atoms with Gasteiger partial charge in [-0.05, 0) is 38.3 Å². The highest BCUT2D eigenvalue weighted by molar-refractivity contribution is 5.96. The fourth-order valence-electron chi connectivity index (χ4n) is 4.06. The van der Waals surface area contributed by atoms with E-state index in [2.05, 4.69) is 38.0 Å². The first kappa shape index (κ1) is 17.9. The average Bonchev–Trinajstić information content (AvgIpc) is 2.67. The summed E-state index contributed by atoms with van der Waals surface area (Å²) < 4.78 is 0. The lowest BCUT2D eigenvalue weighted by molar-refractivity contribution is -0.119. The standard InChI is InChI=1S/C21H27N5O/c1-16-14-20(23-17(2)22-16)25-12-10-24(11-13-25)15-21(27)26-9-5-7-18-6-3-4-8-19(18)26/h3-4,6,8,14H,5,7,9-13,15H2,1-2H3. The summed E-state index contributed by atoms with van der Waals surface area (Å²) in [5, 5.41) is 0. The van der Waals surface area contributed by atoms with Gasteiger partial charge in [-0.25, -0.2) is 9.97 Å². The Balaban J connectivity index is 1.36. The van der Waals surface area contributed by atoms with Crippen molar-refractivity contribution in [1.82, 2.24) is 14.9 Å². The van der Waals surface area contributed by atoms with Crippen molar-refractivity contribution in [3.05, 3.63) is 47.4 Å². The summed E-state index contributed by atoms with van der Waals surface area (Å²) in [5.74, 6) is 2.02. The number of para-hydroxylation sites is 1. The number of carbonyl (C=O) groups is 1. The minimum Gasteiger partial charge on any atom is -0.354 e. The van der Waals surface area contributed by atoms with Crippen LogP contribution in [0.25, 0.3) is 0 Å². The molecule has 2 aliphatic heterocycles. The molecule has 0 atom stereocenters. The molecule has 1 aromatic heterocycles. The smallest absolute Gasteiger partial charge is 0.241 e. The normalized spacial score (nSPS) is 17.7. The number of rotatable bonds is 3. The number of hydrogen-bond donors (Lipinski definition) is 0. The summed E-state index contributed by atoms with van der Waals surface area (Å²) in [6.45, 7) is 8.79. The number of aryl methyl sites for hydroxylation is 3. The van der Waals surface area contributed by atoms with Crippen LogP contribution in [0.2, 0.25) is 0 Å². The van der Waals surface area contributed by atoms with Crippen molar-refractivity contribution >= 4 is 17.4 Å². The maximum Gasteiger partial charge on any atom is 0.241 e. The molecule has 2 aromatic rings. The van der Waals surface area contributed by atoms with Crippen LogP contribution in [0.1, 0.15) is 23.5 Å². The van der Waals surface area contributed by atoms with Crippen molar-refractivity contribution in [1.29, 1.82) is 0 Å². The number of carbonyl (C=O) groups excluding carboxylic acids is 1. The molecule has 27 heavy (non-hydrogen) atoms. The van der Waals surface area contributed by atoms with Crippen LogP contribution in [0.4, 0.5) is 11.5 Å². The van der Waals surface area contributed by atoms with Gasteiger partial charge in [-0.2, -0.15) is 0 Å². The fourth-order valence-corrected chi connectivity index (χ4v) is 4.06. The molecule has 0 spiro atoms. The zero-order valence-electron chi connectivity index (χ0n) is 16.2. The monoisotopic (exact) mass is 365 g/mol. The Hall–Kier alpha value is -2.47. The minimum atomic E-state index is 0.212. The predicted octanol–water partition coefficient (Wildman–Crippen LogP) is 2.19. The second-order valence-electron chi connectivity index (χ2n) is 7.46. The highest BCUT2D eigenvalue weighted by atomic mass is 16.2. The molecule has 3 heterocycles. The fraction of sp³-hybridized carbons (Fsp3) is 0.476. The zero-order valence-corrected chi connectivity index (χ0v) is 16.2. The Morgan fingerprint density at radius 3 is 2.59 bits per heavy atom. The lowest BCUT2D eigenvalue weighted by atomic mass is 10.0. The molecule has 0 saturated carbocycles. The molecule has 1 aromatic carbocycles. The lowest BCUT2D eigenvalue weighted by Crippen LogP contribution is -2.51. The van der Waals surface area contributed by atoms with Crippen molar-refractivity contribution in [3.8, 4) is 0 Å². The summed E-state index contributed by atoms with van der Waals surface area (Å²) in [4.78, 5) is 28.4. The van der Waals surface area contributed by atoms with Crippen LogP contribution in [0, 0.1) is 13.8 Å². The summed E-state index contributed by atoms with van der Waals surface area (Å²) in [7, 11) is 0. The van der Waals surface area contributed by atoms with E-state index in [0.717, 1.165) is 68.6 Å². The number of anilines is 2. The predicted molar refractivity (Wildman–Crippen MR) is 107 cm³/mol. The molecule has 6 heteroatoms. The van der Waals surface area contributed by atoms with Crippen LogP contribution in [-0.2, 0) is 11.2 Å². The van der Waals surface area contributed by atoms with Gasteiger partial charge in [0.25, 0.3) is 0 Å². The van der Waals surface area contributed by atoms with Crippen molar-refractivity contribution < 1.29 is 4.79 Å². The molecule has 4 rings (SSSR count). The highest BCUT2D eigenvalue weighted by Crippen LogP contribution is 2.27. The third-order valence-electron chi connectivity index (χ3n) is 5.42. The van der Waals surface area contributed by atoms with Crippen LogP contribution in [0.15, 0.2) is 30.3 Å². The average molecular weight is 365 g/mol. The van der Waals surface area contributed by atoms with Crippen LogP contribution in [-0.4, -0.2) is 60.0 Å². The Bertz CT molecular complexity index is 809. The van der Waals surface area contributed by atoms with Gasteiger partial charge in [0, 0.05) is 50.2 Å². The maximum atomic E-state index is 12.9. The van der Waals surface area contributed by atoms with E-state index in [9.17, 15) is 4.79 Å². The van der Waals surface area contributed by atoms with E-state index in [0.29, 0.717) is 6.54 Å². The van der Waals surface area contributed by atoms with E-state index < -0.39 is 0 Å². The van der Waals surface area contributed by atoms with Crippen molar-refractivity contribution in [2.24, 2.45) is 0 Å². The second-order valence-corrected chi connectivity index (χ2v) is 7.46. The SMILES string of the molecule is Cc1cc(N2CCN(CC(=O)N3CCCc4ccccc43)CC2)nc(C)n1. The number of nitrogens with zero attached hydrogens (tertiary/aromatic N) is 5. The zero-order chi connectivity index (χ0) is 18.8. The molecule has 0 aliphatic carbocycles. The van der Waals surface area contributed by atoms with Crippen molar-refractivity contribution in [2.75, 3.05) is 49.1 Å². The van der Waals surface area contributed by atoms with Crippen LogP contribution >= 0.6 is 0 Å². The Morgan fingerprint density at radius 2 is 1.81 bits per heavy atom. The van der Waals surface area contributed by atoms with E-state index in [1.54, 1.807) is 0 Å². The lowest BCUT2D eigenvalue weighted by Gasteiger charge is -2.37. The van der Waals surface area contributed by atoms with E-state index >= 15 is 0 Å². The quantitative estimate of drug-likeness (QED) is 0.835. The van der Waals surface area contributed by atoms with E-state index in [4.69, 9.17) is 0 Å². The third kappa shape index (κ3) is 3.95. The molecule has 1 saturated heterocycles. The van der Waals surface area contributed by atoms with Gasteiger partial charge in [-0.1, -0.05) is 18.2 Å². The molecule has 6 nitrogen and oxygen atoms in total. The molecule has 0 N–H and O–H groups in total. The molecule has 1 amide bonds. The van der Waals surface area contributed by atoms with Gasteiger partial charge >= 0.3 is 0 Å². The summed E-state index contributed by atoms with van der Waals surface area (Å²) in [6.07, 6.45) is 2.11. The van der Waals surface area contributed by atoms with E-state index in [1.165, 1.54) is 5.56 Å². The maximum absolute atomic E-state index is 12.9. The van der Waals surface area contributed by atoms with Gasteiger partial charge < -0.3 is 9.80 Å². The van der Waals surface area contributed by atoms with Gasteiger partial charge in [0.2, 0.25) is 5.91 Å². The Labute approximate surface area is 160 Å². The van der Waals surface area contributed by atoms with Gasteiger partial charge in [0.15, 0.2) is 0 Å². The highest BCUT2D eigenvalue weighted by Gasteiger charge is 2.26. The molecule has 1 fully saturated rings. The number of benzene rings is 1. The topological polar surface area (TPSA) is 52.6 Å². The number of aromatic nitrogens is 2. The van der Waals surface area contributed by atoms with Crippen LogP contribution < -0.4 is 9.80 Å². The van der Waals surface area contributed by atoms with E-state index in [-0.39, 0.29) is 5.91 Å². The van der Waals surface area contributed by atoms with Gasteiger partial charge in [-0.3, -0.25) is 9.69 Å². The Kier molecular flexibility index (Phi) is 5.07. The third-order valence-corrected chi connectivity index (χ3v) is 5.42. The minimum absolute atomic E-state index is 0.212. The molecule has 0 bridgehead atoms. The molecule has 0 unspecified atom stereocenters. The van der Waals surface area contributed by atoms with Gasteiger partial charge in [-0.15, -0.1) is 0 Å². The van der Waals surface area contributed by atoms with Gasteiger partial charge in [0.05, 0.1) is 6.54 Å². The summed E-state index contributed by atoms with van der Waals surface area (Å²) in [5.41, 5.74) is 3.38. The van der Waals surface area contributed by atoms with Crippen LogP contribution in [0.3, 0.4) is 0 Å². The number of piperazine rings is 1. The summed E-state index contributed by atoms with van der Waals surface area (Å²) in [6, 6.07) is 10.3. The van der Waals surface area contributed by atoms with Crippen LogP contribution in [0.5, 0.6) is 0 Å². The molecular formula is C21H27N5O. The first-order chi connectivity index (χ1) is 13.1. The largest absolute Gasteiger partial charge is 0.354 e. The molecule has 0 radical (unpaired) electrons.